The number of aromatic nitrogens is 2. The second-order valence-corrected chi connectivity index (χ2v) is 7.56. The fourth-order valence-electron chi connectivity index (χ4n) is 4.01. The van der Waals surface area contributed by atoms with Crippen molar-refractivity contribution < 1.29 is 0 Å². The zero-order valence-electron chi connectivity index (χ0n) is 15.7. The van der Waals surface area contributed by atoms with Gasteiger partial charge in [0.1, 0.15) is 5.82 Å². The van der Waals surface area contributed by atoms with Gasteiger partial charge in [-0.1, -0.05) is 12.8 Å². The molecule has 4 rings (SSSR count). The molecule has 1 aliphatic heterocycles. The molecule has 1 aromatic carbocycles. The zero-order chi connectivity index (χ0) is 17.8. The van der Waals surface area contributed by atoms with Crippen molar-refractivity contribution >= 4 is 23.1 Å². The lowest BCUT2D eigenvalue weighted by Gasteiger charge is -2.28. The van der Waals surface area contributed by atoms with E-state index in [9.17, 15) is 0 Å². The van der Waals surface area contributed by atoms with Crippen LogP contribution < -0.4 is 15.5 Å². The molecule has 1 saturated carbocycles. The predicted molar refractivity (Wildman–Crippen MR) is 108 cm³/mol. The molecule has 138 valence electrons. The van der Waals surface area contributed by atoms with E-state index in [-0.39, 0.29) is 0 Å². The minimum absolute atomic E-state index is 0.556. The van der Waals surface area contributed by atoms with Crippen molar-refractivity contribution in [3.05, 3.63) is 36.0 Å². The first-order chi connectivity index (χ1) is 12.8. The molecule has 1 aromatic heterocycles. The lowest BCUT2D eigenvalue weighted by atomic mass is 10.1. The molecule has 1 saturated heterocycles. The second kappa shape index (κ2) is 7.94. The Morgan fingerprint density at radius 2 is 1.65 bits per heavy atom. The van der Waals surface area contributed by atoms with Gasteiger partial charge in [0.2, 0.25) is 5.95 Å². The normalized spacial score (nSPS) is 18.1. The molecule has 2 fully saturated rings. The molecule has 2 heterocycles. The van der Waals surface area contributed by atoms with Crippen molar-refractivity contribution in [2.75, 3.05) is 28.6 Å². The van der Waals surface area contributed by atoms with Crippen LogP contribution in [0.4, 0.5) is 23.1 Å². The SMILES string of the molecule is Cc1cc(NC2CCCC2)nc(Nc2ccc(N3CCCCC3)cc2)n1. The van der Waals surface area contributed by atoms with Crippen molar-refractivity contribution in [1.82, 2.24) is 9.97 Å². The highest BCUT2D eigenvalue weighted by atomic mass is 15.2. The van der Waals surface area contributed by atoms with Crippen molar-refractivity contribution in [2.24, 2.45) is 0 Å². The number of hydrogen-bond donors (Lipinski definition) is 2. The molecule has 0 radical (unpaired) electrons. The first kappa shape index (κ1) is 17.1. The van der Waals surface area contributed by atoms with Gasteiger partial charge in [-0.25, -0.2) is 4.98 Å². The lowest BCUT2D eigenvalue weighted by molar-refractivity contribution is 0.578. The van der Waals surface area contributed by atoms with Gasteiger partial charge in [0, 0.05) is 42.3 Å². The third kappa shape index (κ3) is 4.26. The molecule has 2 N–H and O–H groups in total. The Hall–Kier alpha value is -2.30. The van der Waals surface area contributed by atoms with Crippen molar-refractivity contribution in [1.29, 1.82) is 0 Å². The number of rotatable bonds is 5. The Morgan fingerprint density at radius 1 is 0.923 bits per heavy atom. The largest absolute Gasteiger partial charge is 0.372 e. The first-order valence-electron chi connectivity index (χ1n) is 10.0. The molecule has 2 aromatic rings. The summed E-state index contributed by atoms with van der Waals surface area (Å²) in [5.41, 5.74) is 3.32. The number of hydrogen-bond acceptors (Lipinski definition) is 5. The van der Waals surface area contributed by atoms with Crippen molar-refractivity contribution in [3.63, 3.8) is 0 Å². The number of piperidine rings is 1. The van der Waals surface area contributed by atoms with Gasteiger partial charge in [0.25, 0.3) is 0 Å². The van der Waals surface area contributed by atoms with Gasteiger partial charge in [0.15, 0.2) is 0 Å². The summed E-state index contributed by atoms with van der Waals surface area (Å²) >= 11 is 0. The molecule has 5 heteroatoms. The maximum absolute atomic E-state index is 4.66. The van der Waals surface area contributed by atoms with E-state index in [0.717, 1.165) is 17.2 Å². The van der Waals surface area contributed by atoms with E-state index < -0.39 is 0 Å². The molecule has 0 unspecified atom stereocenters. The summed E-state index contributed by atoms with van der Waals surface area (Å²) < 4.78 is 0. The summed E-state index contributed by atoms with van der Waals surface area (Å²) in [6.07, 6.45) is 9.07. The topological polar surface area (TPSA) is 53.1 Å². The molecule has 0 amide bonds. The van der Waals surface area contributed by atoms with E-state index in [1.165, 1.54) is 63.7 Å². The smallest absolute Gasteiger partial charge is 0.229 e. The van der Waals surface area contributed by atoms with E-state index >= 15 is 0 Å². The molecule has 0 atom stereocenters. The van der Waals surface area contributed by atoms with Crippen LogP contribution in [0, 0.1) is 6.92 Å². The van der Waals surface area contributed by atoms with Crippen molar-refractivity contribution in [2.45, 2.75) is 57.9 Å². The highest BCUT2D eigenvalue weighted by molar-refractivity contribution is 5.60. The molecule has 26 heavy (non-hydrogen) atoms. The third-order valence-corrected chi connectivity index (χ3v) is 5.41. The average molecular weight is 351 g/mol. The van der Waals surface area contributed by atoms with Crippen LogP contribution in [-0.4, -0.2) is 29.1 Å². The van der Waals surface area contributed by atoms with Gasteiger partial charge < -0.3 is 15.5 Å². The number of nitrogens with one attached hydrogen (secondary N) is 2. The van der Waals surface area contributed by atoms with Crippen molar-refractivity contribution in [3.8, 4) is 0 Å². The van der Waals surface area contributed by atoms with Gasteiger partial charge in [-0.15, -0.1) is 0 Å². The van der Waals surface area contributed by atoms with E-state index in [1.54, 1.807) is 0 Å². The second-order valence-electron chi connectivity index (χ2n) is 7.56. The monoisotopic (exact) mass is 351 g/mol. The third-order valence-electron chi connectivity index (χ3n) is 5.41. The van der Waals surface area contributed by atoms with Gasteiger partial charge in [-0.2, -0.15) is 4.98 Å². The Labute approximate surface area is 156 Å². The molecular weight excluding hydrogens is 322 g/mol. The van der Waals surface area contributed by atoms with Crippen LogP contribution in [0.2, 0.25) is 0 Å². The minimum Gasteiger partial charge on any atom is -0.372 e. The molecule has 0 bridgehead atoms. The summed E-state index contributed by atoms with van der Waals surface area (Å²) in [7, 11) is 0. The van der Waals surface area contributed by atoms with Gasteiger partial charge in [-0.3, -0.25) is 0 Å². The fraction of sp³-hybridized carbons (Fsp3) is 0.524. The number of aryl methyl sites for hydroxylation is 1. The number of nitrogens with zero attached hydrogens (tertiary/aromatic N) is 3. The van der Waals surface area contributed by atoms with Gasteiger partial charge in [0.05, 0.1) is 0 Å². The van der Waals surface area contributed by atoms with E-state index in [1.807, 2.05) is 13.0 Å². The predicted octanol–water partition coefficient (Wildman–Crippen LogP) is 4.87. The van der Waals surface area contributed by atoms with Crippen LogP contribution in [0.3, 0.4) is 0 Å². The molecular formula is C21H29N5. The van der Waals surface area contributed by atoms with Gasteiger partial charge in [-0.05, 0) is 63.3 Å². The zero-order valence-corrected chi connectivity index (χ0v) is 15.7. The van der Waals surface area contributed by atoms with E-state index in [2.05, 4.69) is 49.8 Å². The average Bonchev–Trinajstić information content (AvgIpc) is 3.15. The summed E-state index contributed by atoms with van der Waals surface area (Å²) in [6, 6.07) is 11.2. The Morgan fingerprint density at radius 3 is 2.38 bits per heavy atom. The Kier molecular flexibility index (Phi) is 5.23. The standard InChI is InChI=1S/C21H29N5/c1-16-15-20(23-17-7-3-4-8-17)25-21(22-16)24-18-9-11-19(12-10-18)26-13-5-2-6-14-26/h9-12,15,17H,2-8,13-14H2,1H3,(H2,22,23,24,25). The lowest BCUT2D eigenvalue weighted by Crippen LogP contribution is -2.29. The van der Waals surface area contributed by atoms with Gasteiger partial charge >= 0.3 is 0 Å². The quantitative estimate of drug-likeness (QED) is 0.804. The maximum atomic E-state index is 4.66. The molecule has 0 spiro atoms. The van der Waals surface area contributed by atoms with Crippen LogP contribution in [0.5, 0.6) is 0 Å². The van der Waals surface area contributed by atoms with Crippen LogP contribution in [0.1, 0.15) is 50.6 Å². The summed E-state index contributed by atoms with van der Waals surface area (Å²) in [6.45, 7) is 4.36. The van der Waals surface area contributed by atoms with Crippen LogP contribution in [-0.2, 0) is 0 Å². The molecule has 5 nitrogen and oxygen atoms in total. The highest BCUT2D eigenvalue weighted by Gasteiger charge is 2.16. The Bertz CT molecular complexity index is 716. The van der Waals surface area contributed by atoms with Crippen LogP contribution in [0.15, 0.2) is 30.3 Å². The van der Waals surface area contributed by atoms with E-state index in [4.69, 9.17) is 0 Å². The summed E-state index contributed by atoms with van der Waals surface area (Å²) in [5, 5.41) is 6.92. The van der Waals surface area contributed by atoms with Crippen LogP contribution >= 0.6 is 0 Å². The Balaban J connectivity index is 1.43. The number of benzene rings is 1. The first-order valence-corrected chi connectivity index (χ1v) is 10.0. The molecule has 1 aliphatic carbocycles. The highest BCUT2D eigenvalue weighted by Crippen LogP contribution is 2.25. The summed E-state index contributed by atoms with van der Waals surface area (Å²) in [4.78, 5) is 11.7. The number of anilines is 4. The van der Waals surface area contributed by atoms with Crippen LogP contribution in [0.25, 0.3) is 0 Å². The van der Waals surface area contributed by atoms with E-state index in [0.29, 0.717) is 12.0 Å². The summed E-state index contributed by atoms with van der Waals surface area (Å²) in [5.74, 6) is 1.59. The maximum Gasteiger partial charge on any atom is 0.229 e. The fourth-order valence-corrected chi connectivity index (χ4v) is 4.01. The minimum atomic E-state index is 0.556. The molecule has 2 aliphatic rings.